The number of nitrogens with zero attached hydrogens (tertiary/aromatic N) is 4. The summed E-state index contributed by atoms with van der Waals surface area (Å²) in [6, 6.07) is 20.6. The molecule has 6 heteroatoms. The minimum absolute atomic E-state index is 1.03. The topological polar surface area (TPSA) is 51.6 Å². The van der Waals surface area contributed by atoms with Gasteiger partial charge in [0.05, 0.1) is 0 Å². The van der Waals surface area contributed by atoms with Gasteiger partial charge in [-0.2, -0.15) is 0 Å². The maximum Gasteiger partial charge on any atom is 0.147 e. The Morgan fingerprint density at radius 2 is 0.867 bits per heavy atom. The zero-order chi connectivity index (χ0) is 20.4. The molecule has 0 radical (unpaired) electrons. The van der Waals surface area contributed by atoms with E-state index in [1.807, 2.05) is 36.4 Å². The van der Waals surface area contributed by atoms with E-state index in [0.29, 0.717) is 0 Å². The summed E-state index contributed by atoms with van der Waals surface area (Å²) in [5.41, 5.74) is 2.32. The molecule has 2 aromatic heterocycles. The Morgan fingerprint density at radius 3 is 1.30 bits per heavy atom. The second-order valence-electron chi connectivity index (χ2n) is 7.36. The van der Waals surface area contributed by atoms with E-state index in [2.05, 4.69) is 44.7 Å². The minimum Gasteiger partial charge on any atom is -0.143 e. The van der Waals surface area contributed by atoms with Crippen molar-refractivity contribution in [2.75, 3.05) is 0 Å². The van der Waals surface area contributed by atoms with Gasteiger partial charge in [-0.3, -0.25) is 0 Å². The van der Waals surface area contributed by atoms with Gasteiger partial charge in [-0.05, 0) is 12.8 Å². The van der Waals surface area contributed by atoms with Crippen LogP contribution in [0.25, 0.3) is 21.1 Å². The molecule has 2 aromatic carbocycles. The van der Waals surface area contributed by atoms with Crippen molar-refractivity contribution < 1.29 is 0 Å². The smallest absolute Gasteiger partial charge is 0.143 e. The molecule has 2 heterocycles. The summed E-state index contributed by atoms with van der Waals surface area (Å²) < 4.78 is 0. The molecule has 0 atom stereocenters. The van der Waals surface area contributed by atoms with Crippen LogP contribution in [0.1, 0.15) is 48.5 Å². The first-order chi connectivity index (χ1) is 14.9. The molecule has 0 spiro atoms. The van der Waals surface area contributed by atoms with E-state index in [1.54, 1.807) is 22.7 Å². The van der Waals surface area contributed by atoms with Crippen molar-refractivity contribution in [2.24, 2.45) is 0 Å². The monoisotopic (exact) mass is 434 g/mol. The molecule has 0 aliphatic heterocycles. The highest BCUT2D eigenvalue weighted by Gasteiger charge is 2.07. The van der Waals surface area contributed by atoms with Gasteiger partial charge in [-0.1, -0.05) is 109 Å². The quantitative estimate of drug-likeness (QED) is 0.242. The summed E-state index contributed by atoms with van der Waals surface area (Å²) in [6.45, 7) is 0. The Bertz CT molecular complexity index is 928. The third-order valence-corrected chi connectivity index (χ3v) is 7.07. The Morgan fingerprint density at radius 1 is 0.467 bits per heavy atom. The maximum atomic E-state index is 4.35. The van der Waals surface area contributed by atoms with Gasteiger partial charge in [0.1, 0.15) is 20.0 Å². The molecular formula is C24H26N4S2. The van der Waals surface area contributed by atoms with Crippen molar-refractivity contribution in [3.63, 3.8) is 0 Å². The second kappa shape index (κ2) is 11.1. The predicted molar refractivity (Wildman–Crippen MR) is 126 cm³/mol. The van der Waals surface area contributed by atoms with Crippen LogP contribution in [0.2, 0.25) is 0 Å². The Balaban J connectivity index is 1.08. The summed E-state index contributed by atoms with van der Waals surface area (Å²) in [6.07, 6.45) is 9.56. The van der Waals surface area contributed by atoms with Gasteiger partial charge in [-0.25, -0.2) is 0 Å². The van der Waals surface area contributed by atoms with Crippen molar-refractivity contribution in [2.45, 2.75) is 51.4 Å². The van der Waals surface area contributed by atoms with Gasteiger partial charge >= 0.3 is 0 Å². The van der Waals surface area contributed by atoms with Crippen LogP contribution in [0.3, 0.4) is 0 Å². The van der Waals surface area contributed by atoms with Crippen LogP contribution in [0.15, 0.2) is 60.7 Å². The molecule has 4 rings (SSSR count). The van der Waals surface area contributed by atoms with Crippen LogP contribution in [-0.4, -0.2) is 20.4 Å². The van der Waals surface area contributed by atoms with Crippen molar-refractivity contribution in [3.05, 3.63) is 70.7 Å². The molecule has 30 heavy (non-hydrogen) atoms. The van der Waals surface area contributed by atoms with Crippen LogP contribution in [0.4, 0.5) is 0 Å². The van der Waals surface area contributed by atoms with Crippen LogP contribution in [0.5, 0.6) is 0 Å². The van der Waals surface area contributed by atoms with Gasteiger partial charge in [0.2, 0.25) is 0 Å². The fourth-order valence-electron chi connectivity index (χ4n) is 3.36. The summed E-state index contributed by atoms with van der Waals surface area (Å²) in [7, 11) is 0. The third kappa shape index (κ3) is 6.03. The fourth-order valence-corrected chi connectivity index (χ4v) is 5.14. The molecule has 4 nitrogen and oxygen atoms in total. The van der Waals surface area contributed by atoms with E-state index in [9.17, 15) is 0 Å². The molecule has 0 saturated heterocycles. The lowest BCUT2D eigenvalue weighted by Gasteiger charge is -2.00. The van der Waals surface area contributed by atoms with Crippen molar-refractivity contribution >= 4 is 22.7 Å². The van der Waals surface area contributed by atoms with Gasteiger partial charge in [0, 0.05) is 24.0 Å². The number of benzene rings is 2. The minimum atomic E-state index is 1.03. The highest BCUT2D eigenvalue weighted by atomic mass is 32.1. The lowest BCUT2D eigenvalue weighted by atomic mass is 10.1. The average molecular weight is 435 g/mol. The molecule has 0 unspecified atom stereocenters. The van der Waals surface area contributed by atoms with E-state index in [4.69, 9.17) is 0 Å². The van der Waals surface area contributed by atoms with Crippen molar-refractivity contribution in [1.29, 1.82) is 0 Å². The average Bonchev–Trinajstić information content (AvgIpc) is 3.47. The molecule has 0 aliphatic rings. The van der Waals surface area contributed by atoms with Crippen LogP contribution < -0.4 is 0 Å². The molecule has 0 saturated carbocycles. The van der Waals surface area contributed by atoms with E-state index in [1.165, 1.54) is 38.5 Å². The maximum absolute atomic E-state index is 4.35. The second-order valence-corrected chi connectivity index (χ2v) is 9.48. The first-order valence-electron chi connectivity index (χ1n) is 10.6. The molecular weight excluding hydrogens is 408 g/mol. The number of rotatable bonds is 11. The van der Waals surface area contributed by atoms with Crippen LogP contribution in [-0.2, 0) is 12.8 Å². The summed E-state index contributed by atoms with van der Waals surface area (Å²) in [4.78, 5) is 0. The van der Waals surface area contributed by atoms with Gasteiger partial charge in [0.15, 0.2) is 0 Å². The van der Waals surface area contributed by atoms with Crippen molar-refractivity contribution in [1.82, 2.24) is 20.4 Å². The van der Waals surface area contributed by atoms with E-state index in [0.717, 1.165) is 44.0 Å². The van der Waals surface area contributed by atoms with Crippen LogP contribution >= 0.6 is 22.7 Å². The summed E-state index contributed by atoms with van der Waals surface area (Å²) in [5, 5.41) is 21.7. The largest absolute Gasteiger partial charge is 0.147 e. The lowest BCUT2D eigenvalue weighted by Crippen LogP contribution is -1.87. The first-order valence-corrected chi connectivity index (χ1v) is 12.3. The van der Waals surface area contributed by atoms with E-state index >= 15 is 0 Å². The number of aromatic nitrogens is 4. The third-order valence-electron chi connectivity index (χ3n) is 5.01. The van der Waals surface area contributed by atoms with E-state index in [-0.39, 0.29) is 0 Å². The molecule has 154 valence electrons. The van der Waals surface area contributed by atoms with Gasteiger partial charge in [-0.15, -0.1) is 20.4 Å². The van der Waals surface area contributed by atoms with Gasteiger partial charge in [0.25, 0.3) is 0 Å². The molecule has 0 aliphatic carbocycles. The number of hydrogen-bond acceptors (Lipinski definition) is 6. The first kappa shape index (κ1) is 20.8. The summed E-state index contributed by atoms with van der Waals surface area (Å²) in [5.74, 6) is 0. The standard InChI is InChI=1S/C24H26N4S2/c1(3-11-17-21-25-27-23(29-21)19-13-7-5-8-14-19)2-4-12-18-22-26-28-24(30-22)20-15-9-6-10-16-20/h5-10,13-16H,1-4,11-12,17-18H2. The molecule has 4 aromatic rings. The zero-order valence-corrected chi connectivity index (χ0v) is 18.7. The predicted octanol–water partition coefficient (Wildman–Crippen LogP) is 6.85. The SMILES string of the molecule is c1ccc(-c2nnc(CCCCCCCCc3nnc(-c4ccccc4)s3)s2)cc1. The lowest BCUT2D eigenvalue weighted by molar-refractivity contribution is 0.591. The molecule has 0 amide bonds. The molecule has 0 N–H and O–H groups in total. The number of hydrogen-bond donors (Lipinski definition) is 0. The van der Waals surface area contributed by atoms with Crippen molar-refractivity contribution in [3.8, 4) is 21.1 Å². The number of unbranched alkanes of at least 4 members (excludes halogenated alkanes) is 5. The Labute approximate surface area is 186 Å². The number of aryl methyl sites for hydroxylation is 2. The Hall–Kier alpha value is -2.44. The molecule has 0 bridgehead atoms. The normalized spacial score (nSPS) is 11.1. The summed E-state index contributed by atoms with van der Waals surface area (Å²) >= 11 is 3.44. The van der Waals surface area contributed by atoms with E-state index < -0.39 is 0 Å². The fraction of sp³-hybridized carbons (Fsp3) is 0.333. The highest BCUT2D eigenvalue weighted by Crippen LogP contribution is 2.25. The zero-order valence-electron chi connectivity index (χ0n) is 17.0. The molecule has 0 fully saturated rings. The highest BCUT2D eigenvalue weighted by molar-refractivity contribution is 7.15. The Kier molecular flexibility index (Phi) is 7.69. The van der Waals surface area contributed by atoms with Gasteiger partial charge < -0.3 is 0 Å². The van der Waals surface area contributed by atoms with Crippen LogP contribution in [0, 0.1) is 0 Å².